The number of fused-ring (bicyclic) bond motifs is 1. The topological polar surface area (TPSA) is 97.8 Å². The number of carbonyl (C=O) groups excluding carboxylic acids is 1. The van der Waals surface area contributed by atoms with Crippen molar-refractivity contribution in [2.24, 2.45) is 5.84 Å². The molecule has 1 fully saturated rings. The van der Waals surface area contributed by atoms with Gasteiger partial charge in [-0.1, -0.05) is 30.7 Å². The molecule has 0 atom stereocenters. The minimum Gasteiger partial charge on any atom is -0.492 e. The summed E-state index contributed by atoms with van der Waals surface area (Å²) in [6.45, 7) is 4.06. The molecule has 0 unspecified atom stereocenters. The van der Waals surface area contributed by atoms with Crippen LogP contribution >= 0.6 is 0 Å². The Hall–Kier alpha value is -3.75. The van der Waals surface area contributed by atoms with Crippen LogP contribution < -0.4 is 16.0 Å². The molecule has 34 heavy (non-hydrogen) atoms. The predicted octanol–water partition coefficient (Wildman–Crippen LogP) is 3.53. The fourth-order valence-electron chi connectivity index (χ4n) is 4.33. The first-order valence-electron chi connectivity index (χ1n) is 11.6. The van der Waals surface area contributed by atoms with Gasteiger partial charge in [-0.05, 0) is 61.3 Å². The van der Waals surface area contributed by atoms with E-state index in [2.05, 4.69) is 20.4 Å². The van der Waals surface area contributed by atoms with Crippen molar-refractivity contribution in [3.05, 3.63) is 72.7 Å². The predicted molar refractivity (Wildman–Crippen MR) is 131 cm³/mol. The van der Waals surface area contributed by atoms with E-state index in [0.717, 1.165) is 40.2 Å². The lowest BCUT2D eigenvalue weighted by Gasteiger charge is -2.26. The Morgan fingerprint density at radius 1 is 0.941 bits per heavy atom. The summed E-state index contributed by atoms with van der Waals surface area (Å²) >= 11 is 0. The third kappa shape index (κ3) is 4.78. The Kier molecular flexibility index (Phi) is 6.51. The van der Waals surface area contributed by atoms with Gasteiger partial charge in [0.05, 0.1) is 6.20 Å². The molecule has 0 spiro atoms. The minimum atomic E-state index is -0.326. The highest BCUT2D eigenvalue weighted by Crippen LogP contribution is 2.27. The summed E-state index contributed by atoms with van der Waals surface area (Å²) in [4.78, 5) is 18.8. The van der Waals surface area contributed by atoms with E-state index in [4.69, 9.17) is 10.6 Å². The highest BCUT2D eigenvalue weighted by molar-refractivity contribution is 5.94. The molecule has 1 aliphatic rings. The first-order chi connectivity index (χ1) is 16.7. The lowest BCUT2D eigenvalue weighted by Crippen LogP contribution is -2.33. The lowest BCUT2D eigenvalue weighted by atomic mass is 10.1. The van der Waals surface area contributed by atoms with Gasteiger partial charge in [0.15, 0.2) is 5.65 Å². The van der Waals surface area contributed by atoms with Gasteiger partial charge >= 0.3 is 0 Å². The van der Waals surface area contributed by atoms with Gasteiger partial charge in [0, 0.05) is 35.6 Å². The van der Waals surface area contributed by atoms with Crippen LogP contribution in [0.1, 0.15) is 29.6 Å². The molecule has 3 N–H and O–H groups in total. The van der Waals surface area contributed by atoms with E-state index in [0.29, 0.717) is 12.2 Å². The third-order valence-corrected chi connectivity index (χ3v) is 6.26. The molecule has 4 aromatic rings. The van der Waals surface area contributed by atoms with E-state index in [-0.39, 0.29) is 5.91 Å². The number of amides is 1. The summed E-state index contributed by atoms with van der Waals surface area (Å²) < 4.78 is 7.72. The molecule has 5 rings (SSSR count). The van der Waals surface area contributed by atoms with Crippen LogP contribution in [-0.2, 0) is 0 Å². The largest absolute Gasteiger partial charge is 0.492 e. The molecule has 0 aliphatic carbocycles. The molecule has 8 nitrogen and oxygen atoms in total. The molecule has 2 aromatic heterocycles. The van der Waals surface area contributed by atoms with Gasteiger partial charge in [0.1, 0.15) is 12.4 Å². The monoisotopic (exact) mass is 456 g/mol. The average molecular weight is 457 g/mol. The highest BCUT2D eigenvalue weighted by atomic mass is 16.5. The maximum Gasteiger partial charge on any atom is 0.265 e. The zero-order valence-electron chi connectivity index (χ0n) is 19.0. The fourth-order valence-corrected chi connectivity index (χ4v) is 4.33. The third-order valence-electron chi connectivity index (χ3n) is 6.26. The summed E-state index contributed by atoms with van der Waals surface area (Å²) in [5.74, 6) is 5.75. The van der Waals surface area contributed by atoms with Crippen LogP contribution in [0.2, 0.25) is 0 Å². The Balaban J connectivity index is 1.27. The number of hydrazine groups is 1. The molecule has 174 valence electrons. The zero-order valence-corrected chi connectivity index (χ0v) is 19.0. The first kappa shape index (κ1) is 22.1. The van der Waals surface area contributed by atoms with Crippen LogP contribution in [0.5, 0.6) is 5.75 Å². The Morgan fingerprint density at radius 2 is 1.68 bits per heavy atom. The Morgan fingerprint density at radius 3 is 2.41 bits per heavy atom. The van der Waals surface area contributed by atoms with Gasteiger partial charge in [-0.2, -0.15) is 5.10 Å². The second-order valence-corrected chi connectivity index (χ2v) is 8.50. The molecule has 1 amide bonds. The second-order valence-electron chi connectivity index (χ2n) is 8.50. The van der Waals surface area contributed by atoms with E-state index in [1.54, 1.807) is 22.8 Å². The van der Waals surface area contributed by atoms with E-state index < -0.39 is 0 Å². The molecule has 1 saturated heterocycles. The number of nitrogens with one attached hydrogen (secondary N) is 1. The number of likely N-dealkylation sites (tertiary alicyclic amines) is 1. The first-order valence-corrected chi connectivity index (χ1v) is 11.6. The number of ether oxygens (including phenoxy) is 1. The van der Waals surface area contributed by atoms with Gasteiger partial charge in [-0.15, -0.1) is 0 Å². The number of aromatic nitrogens is 3. The van der Waals surface area contributed by atoms with Crippen molar-refractivity contribution in [1.82, 2.24) is 24.9 Å². The number of hydrogen-bond donors (Lipinski definition) is 2. The van der Waals surface area contributed by atoms with Crippen LogP contribution in [0.15, 0.2) is 67.1 Å². The van der Waals surface area contributed by atoms with Gasteiger partial charge in [-0.3, -0.25) is 15.1 Å². The van der Waals surface area contributed by atoms with Crippen molar-refractivity contribution in [2.45, 2.75) is 19.3 Å². The summed E-state index contributed by atoms with van der Waals surface area (Å²) in [5, 5.41) is 4.48. The number of carbonyl (C=O) groups is 1. The SMILES string of the molecule is NNC(=O)c1ccc(-c2cnn3cc(-c4ccc(OCCN5CCCCC5)cc4)cnc23)cc1. The molecule has 3 heterocycles. The van der Waals surface area contributed by atoms with Crippen molar-refractivity contribution >= 4 is 11.6 Å². The van der Waals surface area contributed by atoms with Gasteiger partial charge in [-0.25, -0.2) is 15.3 Å². The quantitative estimate of drug-likeness (QED) is 0.251. The molecule has 2 aromatic carbocycles. The second kappa shape index (κ2) is 10.0. The molecule has 0 saturated carbocycles. The summed E-state index contributed by atoms with van der Waals surface area (Å²) in [6.07, 6.45) is 9.54. The summed E-state index contributed by atoms with van der Waals surface area (Å²) in [5.41, 5.74) is 7.22. The van der Waals surface area contributed by atoms with Crippen LogP contribution in [0.25, 0.3) is 27.9 Å². The number of piperidine rings is 1. The lowest BCUT2D eigenvalue weighted by molar-refractivity contribution is 0.0953. The number of hydrogen-bond acceptors (Lipinski definition) is 6. The normalized spacial score (nSPS) is 14.3. The van der Waals surface area contributed by atoms with Crippen molar-refractivity contribution < 1.29 is 9.53 Å². The number of rotatable bonds is 7. The molecule has 0 radical (unpaired) electrons. The highest BCUT2D eigenvalue weighted by Gasteiger charge is 2.12. The number of nitrogen functional groups attached to an aromatic ring is 1. The fraction of sp³-hybridized carbons (Fsp3) is 0.269. The average Bonchev–Trinajstić information content (AvgIpc) is 3.33. The van der Waals surface area contributed by atoms with Crippen molar-refractivity contribution in [3.8, 4) is 28.0 Å². The number of nitrogens with two attached hydrogens (primary N) is 1. The summed E-state index contributed by atoms with van der Waals surface area (Å²) in [6, 6.07) is 15.3. The maximum atomic E-state index is 11.7. The van der Waals surface area contributed by atoms with Crippen LogP contribution in [0, 0.1) is 0 Å². The van der Waals surface area contributed by atoms with Crippen LogP contribution in [0.4, 0.5) is 0 Å². The Bertz CT molecular complexity index is 1260. The van der Waals surface area contributed by atoms with Gasteiger partial charge in [0.25, 0.3) is 5.91 Å². The standard InChI is InChI=1S/C26H28N6O2/c27-30-26(33)21-6-4-20(5-7-21)24-17-29-32-18-22(16-28-25(24)32)19-8-10-23(11-9-19)34-15-14-31-12-2-1-3-13-31/h4-11,16-18H,1-3,12-15,27H2,(H,30,33). The summed E-state index contributed by atoms with van der Waals surface area (Å²) in [7, 11) is 0. The van der Waals surface area contributed by atoms with Gasteiger partial charge in [0.2, 0.25) is 0 Å². The Labute approximate surface area is 198 Å². The smallest absolute Gasteiger partial charge is 0.265 e. The van der Waals surface area contributed by atoms with E-state index >= 15 is 0 Å². The van der Waals surface area contributed by atoms with E-state index in [1.807, 2.05) is 48.8 Å². The van der Waals surface area contributed by atoms with Crippen molar-refractivity contribution in [2.75, 3.05) is 26.2 Å². The number of nitrogens with zero attached hydrogens (tertiary/aromatic N) is 4. The molecular formula is C26H28N6O2. The van der Waals surface area contributed by atoms with Crippen molar-refractivity contribution in [3.63, 3.8) is 0 Å². The maximum absolute atomic E-state index is 11.7. The number of benzene rings is 2. The van der Waals surface area contributed by atoms with Crippen molar-refractivity contribution in [1.29, 1.82) is 0 Å². The minimum absolute atomic E-state index is 0.326. The van der Waals surface area contributed by atoms with Gasteiger partial charge < -0.3 is 4.74 Å². The van der Waals surface area contributed by atoms with Crippen LogP contribution in [-0.4, -0.2) is 51.6 Å². The zero-order chi connectivity index (χ0) is 23.3. The van der Waals surface area contributed by atoms with E-state index in [9.17, 15) is 4.79 Å². The molecular weight excluding hydrogens is 428 g/mol. The van der Waals surface area contributed by atoms with Crippen LogP contribution in [0.3, 0.4) is 0 Å². The van der Waals surface area contributed by atoms with E-state index in [1.165, 1.54) is 32.4 Å². The molecule has 1 aliphatic heterocycles. The molecule has 8 heteroatoms. The molecule has 0 bridgehead atoms.